The minimum absolute atomic E-state index is 0.0903. The number of anilines is 1. The lowest BCUT2D eigenvalue weighted by Gasteiger charge is -2.15. The Morgan fingerprint density at radius 2 is 2.11 bits per heavy atom. The van der Waals surface area contributed by atoms with E-state index in [4.69, 9.17) is 11.6 Å². The molecule has 0 fully saturated rings. The number of nitrogens with one attached hydrogen (secondary N) is 1. The van der Waals surface area contributed by atoms with E-state index in [1.807, 2.05) is 25.1 Å². The quantitative estimate of drug-likeness (QED) is 0.918. The van der Waals surface area contributed by atoms with E-state index in [1.54, 1.807) is 13.0 Å². The van der Waals surface area contributed by atoms with Gasteiger partial charge < -0.3 is 5.32 Å². The fourth-order valence-corrected chi connectivity index (χ4v) is 1.82. The van der Waals surface area contributed by atoms with Crippen LogP contribution in [0.1, 0.15) is 24.2 Å². The molecule has 0 aliphatic carbocycles. The van der Waals surface area contributed by atoms with Crippen LogP contribution in [0.15, 0.2) is 30.6 Å². The first-order valence-corrected chi connectivity index (χ1v) is 5.95. The van der Waals surface area contributed by atoms with Crippen molar-refractivity contribution in [1.29, 1.82) is 0 Å². The summed E-state index contributed by atoms with van der Waals surface area (Å²) >= 11 is 5.92. The van der Waals surface area contributed by atoms with E-state index in [-0.39, 0.29) is 11.9 Å². The number of rotatable bonds is 3. The Labute approximate surface area is 110 Å². The molecule has 18 heavy (non-hydrogen) atoms. The molecule has 2 rings (SSSR count). The molecule has 1 N–H and O–H groups in total. The zero-order valence-corrected chi connectivity index (χ0v) is 10.9. The molecule has 0 radical (unpaired) electrons. The van der Waals surface area contributed by atoms with Crippen LogP contribution < -0.4 is 5.32 Å². The van der Waals surface area contributed by atoms with Gasteiger partial charge in [-0.25, -0.2) is 14.4 Å². The van der Waals surface area contributed by atoms with Crippen molar-refractivity contribution in [2.24, 2.45) is 0 Å². The molecule has 1 aromatic carbocycles. The van der Waals surface area contributed by atoms with Crippen molar-refractivity contribution in [1.82, 2.24) is 9.97 Å². The van der Waals surface area contributed by atoms with Gasteiger partial charge in [0.25, 0.3) is 0 Å². The minimum Gasteiger partial charge on any atom is -0.361 e. The predicted octanol–water partition coefficient (Wildman–Crippen LogP) is 3.75. The molecule has 1 aromatic heterocycles. The predicted molar refractivity (Wildman–Crippen MR) is 70.2 cm³/mol. The Bertz CT molecular complexity index is 560. The van der Waals surface area contributed by atoms with Gasteiger partial charge in [0.05, 0.1) is 11.7 Å². The molecule has 3 nitrogen and oxygen atoms in total. The lowest BCUT2D eigenvalue weighted by molar-refractivity contribution is 0.602. The van der Waals surface area contributed by atoms with E-state index in [0.717, 1.165) is 5.56 Å². The largest absolute Gasteiger partial charge is 0.361 e. The third-order valence-corrected chi connectivity index (χ3v) is 2.90. The Kier molecular flexibility index (Phi) is 3.77. The highest BCUT2D eigenvalue weighted by Crippen LogP contribution is 2.22. The molecule has 2 aromatic rings. The van der Waals surface area contributed by atoms with E-state index in [1.165, 1.54) is 6.33 Å². The van der Waals surface area contributed by atoms with Gasteiger partial charge in [-0.2, -0.15) is 0 Å². The summed E-state index contributed by atoms with van der Waals surface area (Å²) < 4.78 is 13.7. The number of hydrogen-bond acceptors (Lipinski definition) is 3. The van der Waals surface area contributed by atoms with Crippen LogP contribution in [-0.2, 0) is 0 Å². The fourth-order valence-electron chi connectivity index (χ4n) is 1.62. The third-order valence-electron chi connectivity index (χ3n) is 2.67. The zero-order valence-electron chi connectivity index (χ0n) is 10.1. The number of aromatic nitrogens is 2. The van der Waals surface area contributed by atoms with E-state index < -0.39 is 5.82 Å². The molecule has 0 saturated carbocycles. The molecule has 0 saturated heterocycles. The fraction of sp³-hybridized carbons (Fsp3) is 0.231. The van der Waals surface area contributed by atoms with Crippen molar-refractivity contribution < 1.29 is 4.39 Å². The van der Waals surface area contributed by atoms with Gasteiger partial charge in [-0.3, -0.25) is 0 Å². The summed E-state index contributed by atoms with van der Waals surface area (Å²) in [7, 11) is 0. The van der Waals surface area contributed by atoms with E-state index in [2.05, 4.69) is 15.3 Å². The van der Waals surface area contributed by atoms with Gasteiger partial charge in [-0.1, -0.05) is 23.7 Å². The number of benzene rings is 1. The minimum atomic E-state index is -0.425. The average molecular weight is 266 g/mol. The van der Waals surface area contributed by atoms with Gasteiger partial charge >= 0.3 is 0 Å². The Balaban J connectivity index is 2.21. The average Bonchev–Trinajstić information content (AvgIpc) is 2.35. The van der Waals surface area contributed by atoms with Crippen molar-refractivity contribution in [3.63, 3.8) is 0 Å². The van der Waals surface area contributed by atoms with Crippen LogP contribution in [0.5, 0.6) is 0 Å². The highest BCUT2D eigenvalue weighted by Gasteiger charge is 2.11. The molecule has 1 heterocycles. The Morgan fingerprint density at radius 3 is 2.83 bits per heavy atom. The lowest BCUT2D eigenvalue weighted by atomic mass is 10.1. The molecule has 1 atom stereocenters. The van der Waals surface area contributed by atoms with E-state index in [9.17, 15) is 4.39 Å². The van der Waals surface area contributed by atoms with Crippen LogP contribution in [0.3, 0.4) is 0 Å². The first-order chi connectivity index (χ1) is 8.58. The standard InChI is InChI=1S/C13H13ClFN3/c1-8(10-4-3-5-11(14)6-10)18-13-12(15)9(2)16-7-17-13/h3-8H,1-2H3,(H,16,17,18). The van der Waals surface area contributed by atoms with Crippen LogP contribution in [0.25, 0.3) is 0 Å². The first kappa shape index (κ1) is 12.8. The summed E-state index contributed by atoms with van der Waals surface area (Å²) in [6, 6.07) is 7.33. The summed E-state index contributed by atoms with van der Waals surface area (Å²) in [5.74, 6) is -0.221. The second-order valence-electron chi connectivity index (χ2n) is 4.04. The van der Waals surface area contributed by atoms with Crippen LogP contribution in [-0.4, -0.2) is 9.97 Å². The molecule has 5 heteroatoms. The maximum atomic E-state index is 13.7. The van der Waals surface area contributed by atoms with Crippen molar-refractivity contribution in [2.45, 2.75) is 19.9 Å². The first-order valence-electron chi connectivity index (χ1n) is 5.57. The number of aryl methyl sites for hydroxylation is 1. The Hall–Kier alpha value is -1.68. The summed E-state index contributed by atoms with van der Waals surface area (Å²) in [5, 5.41) is 3.66. The number of hydrogen-bond donors (Lipinski definition) is 1. The van der Waals surface area contributed by atoms with Crippen LogP contribution in [0.2, 0.25) is 5.02 Å². The van der Waals surface area contributed by atoms with Gasteiger partial charge in [0, 0.05) is 5.02 Å². The maximum Gasteiger partial charge on any atom is 0.186 e. The smallest absolute Gasteiger partial charge is 0.186 e. The van der Waals surface area contributed by atoms with Gasteiger partial charge in [0.15, 0.2) is 11.6 Å². The summed E-state index contributed by atoms with van der Waals surface area (Å²) in [6.07, 6.45) is 1.34. The molecule has 0 spiro atoms. The van der Waals surface area contributed by atoms with E-state index >= 15 is 0 Å². The normalized spacial score (nSPS) is 12.2. The van der Waals surface area contributed by atoms with Crippen molar-refractivity contribution >= 4 is 17.4 Å². The number of nitrogens with zero attached hydrogens (tertiary/aromatic N) is 2. The Morgan fingerprint density at radius 1 is 1.33 bits per heavy atom. The second kappa shape index (κ2) is 5.31. The SMILES string of the molecule is Cc1ncnc(NC(C)c2cccc(Cl)c2)c1F. The van der Waals surface area contributed by atoms with Crippen LogP contribution >= 0.6 is 11.6 Å². The maximum absolute atomic E-state index is 13.7. The van der Waals surface area contributed by atoms with Crippen molar-refractivity contribution in [3.05, 3.63) is 52.7 Å². The molecule has 0 bridgehead atoms. The van der Waals surface area contributed by atoms with Gasteiger partial charge in [0.2, 0.25) is 0 Å². The monoisotopic (exact) mass is 265 g/mol. The molecule has 94 valence electrons. The number of halogens is 2. The molecular weight excluding hydrogens is 253 g/mol. The molecule has 0 aliphatic rings. The molecule has 0 amide bonds. The molecule has 0 aliphatic heterocycles. The highest BCUT2D eigenvalue weighted by molar-refractivity contribution is 6.30. The van der Waals surface area contributed by atoms with Crippen LogP contribution in [0.4, 0.5) is 10.2 Å². The van der Waals surface area contributed by atoms with Crippen molar-refractivity contribution in [2.75, 3.05) is 5.32 Å². The van der Waals surface area contributed by atoms with Crippen LogP contribution in [0, 0.1) is 12.7 Å². The summed E-state index contributed by atoms with van der Waals surface area (Å²) in [4.78, 5) is 7.68. The third kappa shape index (κ3) is 2.76. The van der Waals surface area contributed by atoms with Gasteiger partial charge in [-0.05, 0) is 31.5 Å². The van der Waals surface area contributed by atoms with Gasteiger partial charge in [-0.15, -0.1) is 0 Å². The summed E-state index contributed by atoms with van der Waals surface area (Å²) in [6.45, 7) is 3.52. The summed E-state index contributed by atoms with van der Waals surface area (Å²) in [5.41, 5.74) is 1.30. The zero-order chi connectivity index (χ0) is 13.1. The topological polar surface area (TPSA) is 37.8 Å². The van der Waals surface area contributed by atoms with Gasteiger partial charge in [0.1, 0.15) is 6.33 Å². The van der Waals surface area contributed by atoms with E-state index in [0.29, 0.717) is 10.7 Å². The molecular formula is C13H13ClFN3. The lowest BCUT2D eigenvalue weighted by Crippen LogP contribution is -2.10. The second-order valence-corrected chi connectivity index (χ2v) is 4.48. The highest BCUT2D eigenvalue weighted by atomic mass is 35.5. The molecule has 1 unspecified atom stereocenters. The van der Waals surface area contributed by atoms with Crippen molar-refractivity contribution in [3.8, 4) is 0 Å².